The van der Waals surface area contributed by atoms with E-state index < -0.39 is 10.4 Å². The van der Waals surface area contributed by atoms with Crippen LogP contribution in [0.25, 0.3) is 0 Å². The van der Waals surface area contributed by atoms with Crippen LogP contribution in [0.1, 0.15) is 130 Å². The van der Waals surface area contributed by atoms with Crippen molar-refractivity contribution in [2.75, 3.05) is 25.9 Å². The Bertz CT molecular complexity index is 474. The van der Waals surface area contributed by atoms with E-state index in [4.69, 9.17) is 17.5 Å². The third-order valence-electron chi connectivity index (χ3n) is 6.68. The predicted molar refractivity (Wildman–Crippen MR) is 141 cm³/mol. The first-order chi connectivity index (χ1) is 15.1. The Labute approximate surface area is 205 Å². The lowest BCUT2D eigenvalue weighted by molar-refractivity contribution is -0.914. The molecule has 0 aromatic rings. The average Bonchev–Trinajstić information content (AvgIpc) is 2.74. The predicted octanol–water partition coefficient (Wildman–Crippen LogP) is 7.82. The SMILES string of the molecule is CCCCCCCCCCCCCCCCCCSC(C)[N+](C)(CC)CC.O=S(=O)([O-])O. The summed E-state index contributed by atoms with van der Waals surface area (Å²) >= 11 is 2.19. The van der Waals surface area contributed by atoms with Gasteiger partial charge >= 0.3 is 0 Å². The smallest absolute Gasteiger partial charge is 0.215 e. The zero-order chi connectivity index (χ0) is 24.7. The second-order valence-electron chi connectivity index (χ2n) is 9.31. The van der Waals surface area contributed by atoms with Crippen LogP contribution in [0.4, 0.5) is 0 Å². The number of rotatable bonds is 21. The summed E-state index contributed by atoms with van der Waals surface area (Å²) in [4.78, 5) is 0. The quantitative estimate of drug-likeness (QED) is 0.0575. The summed E-state index contributed by atoms with van der Waals surface area (Å²) in [5, 5.41) is 0.747. The molecule has 7 heteroatoms. The lowest BCUT2D eigenvalue weighted by atomic mass is 10.0. The maximum Gasteiger partial charge on any atom is 0.215 e. The summed E-state index contributed by atoms with van der Waals surface area (Å²) in [5.41, 5.74) is 0. The van der Waals surface area contributed by atoms with Crippen molar-refractivity contribution < 1.29 is 22.0 Å². The molecule has 0 aliphatic carbocycles. The Morgan fingerprint density at radius 2 is 1.00 bits per heavy atom. The third kappa shape index (κ3) is 26.4. The number of nitrogens with zero attached hydrogens (tertiary/aromatic N) is 1. The maximum atomic E-state index is 8.63. The van der Waals surface area contributed by atoms with Crippen molar-refractivity contribution >= 4 is 22.2 Å². The first kappa shape index (κ1) is 34.3. The Balaban J connectivity index is 0. The van der Waals surface area contributed by atoms with Crippen LogP contribution in [0.15, 0.2) is 0 Å². The van der Waals surface area contributed by atoms with Crippen molar-refractivity contribution in [1.29, 1.82) is 0 Å². The number of thioether (sulfide) groups is 1. The molecule has 0 aliphatic heterocycles. The highest BCUT2D eigenvalue weighted by Crippen LogP contribution is 2.23. The van der Waals surface area contributed by atoms with Crippen LogP contribution in [-0.2, 0) is 10.4 Å². The molecule has 0 heterocycles. The molecule has 0 fully saturated rings. The van der Waals surface area contributed by atoms with Crippen LogP contribution in [0.2, 0.25) is 0 Å². The van der Waals surface area contributed by atoms with E-state index in [1.165, 1.54) is 126 Å². The van der Waals surface area contributed by atoms with E-state index in [1.807, 2.05) is 0 Å². The summed E-state index contributed by atoms with van der Waals surface area (Å²) in [6.45, 7) is 11.9. The first-order valence-corrected chi connectivity index (χ1v) is 15.7. The Morgan fingerprint density at radius 1 is 0.719 bits per heavy atom. The standard InChI is InChI=1S/C25H54NS.H2O4S/c1-6-9-10-11-12-13-14-15-16-17-18-19-20-21-22-23-24-27-25(4)26(5,7-2)8-3;1-5(2,3)4/h25H,6-24H2,1-5H3;(H2,1,2,3,4)/q+1;/p-1. The van der Waals surface area contributed by atoms with Crippen LogP contribution in [0.3, 0.4) is 0 Å². The minimum Gasteiger partial charge on any atom is -0.726 e. The van der Waals surface area contributed by atoms with Gasteiger partial charge in [-0.3, -0.25) is 4.55 Å². The largest absolute Gasteiger partial charge is 0.726 e. The third-order valence-corrected chi connectivity index (χ3v) is 8.20. The number of quaternary nitrogens is 1. The fourth-order valence-electron chi connectivity index (χ4n) is 3.82. The fourth-order valence-corrected chi connectivity index (χ4v) is 5.19. The van der Waals surface area contributed by atoms with Crippen molar-refractivity contribution in [2.24, 2.45) is 0 Å². The Morgan fingerprint density at radius 3 is 1.28 bits per heavy atom. The van der Waals surface area contributed by atoms with Crippen LogP contribution in [0.5, 0.6) is 0 Å². The second kappa shape index (κ2) is 22.9. The highest BCUT2D eigenvalue weighted by atomic mass is 32.3. The van der Waals surface area contributed by atoms with Gasteiger partial charge in [-0.25, -0.2) is 8.42 Å². The topological polar surface area (TPSA) is 77.4 Å². The summed E-state index contributed by atoms with van der Waals surface area (Å²) in [6, 6.07) is 0. The lowest BCUT2D eigenvalue weighted by Gasteiger charge is -2.37. The van der Waals surface area contributed by atoms with Crippen molar-refractivity contribution in [1.82, 2.24) is 0 Å². The molecule has 0 rings (SSSR count). The molecule has 0 amide bonds. The van der Waals surface area contributed by atoms with E-state index in [-0.39, 0.29) is 0 Å². The molecule has 0 aliphatic rings. The molecule has 5 nitrogen and oxygen atoms in total. The van der Waals surface area contributed by atoms with Crippen LogP contribution in [-0.4, -0.2) is 53.3 Å². The molecule has 1 unspecified atom stereocenters. The van der Waals surface area contributed by atoms with Crippen molar-refractivity contribution in [3.05, 3.63) is 0 Å². The van der Waals surface area contributed by atoms with Gasteiger partial charge < -0.3 is 9.04 Å². The van der Waals surface area contributed by atoms with Gasteiger partial charge in [-0.05, 0) is 32.9 Å². The molecule has 32 heavy (non-hydrogen) atoms. The summed E-state index contributed by atoms with van der Waals surface area (Å²) < 4.78 is 34.0. The summed E-state index contributed by atoms with van der Waals surface area (Å²) in [5.74, 6) is 1.35. The first-order valence-electron chi connectivity index (χ1n) is 13.2. The molecule has 196 valence electrons. The highest BCUT2D eigenvalue weighted by Gasteiger charge is 2.24. The number of unbranched alkanes of at least 4 members (excludes halogenated alkanes) is 15. The molecule has 0 spiro atoms. The van der Waals surface area contributed by atoms with Crippen LogP contribution >= 0.6 is 11.8 Å². The summed E-state index contributed by atoms with van der Waals surface area (Å²) in [7, 11) is -2.51. The van der Waals surface area contributed by atoms with E-state index in [0.29, 0.717) is 0 Å². The molecule has 0 aromatic heterocycles. The minimum atomic E-state index is -4.92. The van der Waals surface area contributed by atoms with Gasteiger partial charge in [0.1, 0.15) is 5.37 Å². The monoisotopic (exact) mass is 497 g/mol. The minimum absolute atomic E-state index is 0.747. The van der Waals surface area contributed by atoms with E-state index in [0.717, 1.165) is 5.37 Å². The molecule has 0 saturated heterocycles. The Kier molecular flexibility index (Phi) is 24.6. The van der Waals surface area contributed by atoms with E-state index >= 15 is 0 Å². The fraction of sp³-hybridized carbons (Fsp3) is 1.00. The van der Waals surface area contributed by atoms with Gasteiger partial charge in [-0.2, -0.15) is 0 Å². The molecule has 0 radical (unpaired) electrons. The molecule has 1 atom stereocenters. The van der Waals surface area contributed by atoms with Crippen molar-refractivity contribution in [3.8, 4) is 0 Å². The summed E-state index contributed by atoms with van der Waals surface area (Å²) in [6.07, 6.45) is 23.4. The number of hydrogen-bond donors (Lipinski definition) is 1. The second-order valence-corrected chi connectivity index (χ2v) is 11.6. The molecule has 0 bridgehead atoms. The molecule has 0 saturated carbocycles. The molecular weight excluding hydrogens is 442 g/mol. The van der Waals surface area contributed by atoms with Gasteiger partial charge in [0.25, 0.3) is 0 Å². The zero-order valence-corrected chi connectivity index (χ0v) is 23.6. The van der Waals surface area contributed by atoms with Crippen LogP contribution < -0.4 is 0 Å². The number of hydrogen-bond acceptors (Lipinski definition) is 4. The van der Waals surface area contributed by atoms with E-state index in [2.05, 4.69) is 46.5 Å². The van der Waals surface area contributed by atoms with E-state index in [9.17, 15) is 0 Å². The van der Waals surface area contributed by atoms with Gasteiger partial charge in [-0.1, -0.05) is 115 Å². The Hall–Kier alpha value is 0.180. The van der Waals surface area contributed by atoms with Gasteiger partial charge in [0.2, 0.25) is 10.4 Å². The van der Waals surface area contributed by atoms with Crippen LogP contribution in [0, 0.1) is 0 Å². The van der Waals surface area contributed by atoms with Crippen molar-refractivity contribution in [2.45, 2.75) is 136 Å². The normalized spacial score (nSPS) is 13.0. The average molecular weight is 498 g/mol. The molecular formula is C25H55NO4S2. The highest BCUT2D eigenvalue weighted by molar-refractivity contribution is 7.99. The zero-order valence-electron chi connectivity index (χ0n) is 21.9. The van der Waals surface area contributed by atoms with Crippen molar-refractivity contribution in [3.63, 3.8) is 0 Å². The van der Waals surface area contributed by atoms with Gasteiger partial charge in [0.05, 0.1) is 20.1 Å². The maximum absolute atomic E-state index is 8.63. The molecule has 0 aromatic carbocycles. The van der Waals surface area contributed by atoms with E-state index in [1.54, 1.807) is 0 Å². The van der Waals surface area contributed by atoms with Gasteiger partial charge in [0.15, 0.2) is 0 Å². The molecule has 1 N–H and O–H groups in total. The van der Waals surface area contributed by atoms with Gasteiger partial charge in [-0.15, -0.1) is 0 Å². The lowest BCUT2D eigenvalue weighted by Crippen LogP contribution is -2.49. The van der Waals surface area contributed by atoms with Gasteiger partial charge in [0, 0.05) is 0 Å².